The number of nitrogen functional groups attached to an aromatic ring is 1. The molecule has 2 aromatic heterocycles. The largest absolute Gasteiger partial charge is 0.478 e. The number of pyridine rings is 1. The van der Waals surface area contributed by atoms with Crippen molar-refractivity contribution in [3.8, 4) is 6.07 Å². The van der Waals surface area contributed by atoms with E-state index in [1.807, 2.05) is 6.07 Å². The number of rotatable bonds is 4. The number of hydrogen-bond acceptors (Lipinski definition) is 7. The molecule has 0 spiro atoms. The molecule has 0 aliphatic carbocycles. The van der Waals surface area contributed by atoms with Crippen LogP contribution in [0.2, 0.25) is 0 Å². The number of nitrogens with zero attached hydrogens (tertiary/aromatic N) is 4. The van der Waals surface area contributed by atoms with Gasteiger partial charge in [0, 0.05) is 5.39 Å². The lowest BCUT2D eigenvalue weighted by molar-refractivity contribution is 0.0695. The lowest BCUT2D eigenvalue weighted by Gasteiger charge is -2.17. The molecule has 4 N–H and O–H groups in total. The highest BCUT2D eigenvalue weighted by molar-refractivity contribution is 5.94. The summed E-state index contributed by atoms with van der Waals surface area (Å²) in [6.07, 6.45) is 1.19. The minimum absolute atomic E-state index is 0.0117. The number of nitrogens with two attached hydrogens (primary N) is 1. The van der Waals surface area contributed by atoms with Crippen molar-refractivity contribution in [2.75, 3.05) is 11.1 Å². The van der Waals surface area contributed by atoms with Crippen molar-refractivity contribution in [2.45, 2.75) is 13.0 Å². The van der Waals surface area contributed by atoms with Gasteiger partial charge in [-0.1, -0.05) is 0 Å². The molecule has 0 aliphatic heterocycles. The van der Waals surface area contributed by atoms with Gasteiger partial charge in [-0.2, -0.15) is 5.26 Å². The fourth-order valence-corrected chi connectivity index (χ4v) is 2.56. The number of halogens is 1. The smallest absolute Gasteiger partial charge is 0.337 e. The zero-order chi connectivity index (χ0) is 18.8. The number of carboxylic acids is 1. The van der Waals surface area contributed by atoms with E-state index in [2.05, 4.69) is 20.3 Å². The Morgan fingerprint density at radius 1 is 1.38 bits per heavy atom. The zero-order valence-corrected chi connectivity index (χ0v) is 13.6. The number of fused-ring (bicyclic) bond motifs is 1. The molecule has 0 fully saturated rings. The van der Waals surface area contributed by atoms with Crippen molar-refractivity contribution in [2.24, 2.45) is 0 Å². The number of nitriles is 1. The van der Waals surface area contributed by atoms with E-state index in [1.165, 1.54) is 30.6 Å². The van der Waals surface area contributed by atoms with Gasteiger partial charge in [0.25, 0.3) is 0 Å². The van der Waals surface area contributed by atoms with Gasteiger partial charge in [0.1, 0.15) is 35.4 Å². The second kappa shape index (κ2) is 6.60. The Morgan fingerprint density at radius 3 is 2.85 bits per heavy atom. The SMILES string of the molecule is C[C@H](Nc1ncnc(N)c1C#N)c1nc2ccc(F)cc2cc1C(=O)O. The highest BCUT2D eigenvalue weighted by Gasteiger charge is 2.21. The average molecular weight is 352 g/mol. The molecular weight excluding hydrogens is 339 g/mol. The maximum absolute atomic E-state index is 13.4. The molecule has 130 valence electrons. The van der Waals surface area contributed by atoms with Crippen molar-refractivity contribution >= 4 is 28.5 Å². The van der Waals surface area contributed by atoms with E-state index in [4.69, 9.17) is 5.73 Å². The molecule has 2 heterocycles. The van der Waals surface area contributed by atoms with Gasteiger partial charge in [0.2, 0.25) is 0 Å². The van der Waals surface area contributed by atoms with Crippen LogP contribution >= 0.6 is 0 Å². The monoisotopic (exact) mass is 352 g/mol. The van der Waals surface area contributed by atoms with Gasteiger partial charge in [-0.3, -0.25) is 0 Å². The third-order valence-corrected chi connectivity index (χ3v) is 3.79. The second-order valence-corrected chi connectivity index (χ2v) is 5.52. The number of carboxylic acid groups (broad SMARTS) is 1. The Hall–Kier alpha value is -3.80. The summed E-state index contributed by atoms with van der Waals surface area (Å²) >= 11 is 0. The van der Waals surface area contributed by atoms with Gasteiger partial charge in [-0.15, -0.1) is 0 Å². The van der Waals surface area contributed by atoms with Gasteiger partial charge < -0.3 is 16.2 Å². The van der Waals surface area contributed by atoms with Gasteiger partial charge in [0.05, 0.1) is 22.8 Å². The van der Waals surface area contributed by atoms with Crippen LogP contribution in [-0.2, 0) is 0 Å². The predicted molar refractivity (Wildman–Crippen MR) is 91.9 cm³/mol. The number of anilines is 2. The normalized spacial score (nSPS) is 11.7. The summed E-state index contributed by atoms with van der Waals surface area (Å²) < 4.78 is 13.4. The first kappa shape index (κ1) is 17.0. The standard InChI is InChI=1S/C17H13FN6O2/c1-8(23-16-12(6-19)15(20)21-7-22-16)14-11(17(25)26)5-9-4-10(18)2-3-13(9)24-14/h2-5,7-8H,1H3,(H,25,26)(H3,20,21,22,23)/t8-/m0/s1. The Bertz CT molecular complexity index is 1060. The highest BCUT2D eigenvalue weighted by Crippen LogP contribution is 2.26. The third kappa shape index (κ3) is 3.08. The molecule has 26 heavy (non-hydrogen) atoms. The number of carbonyl (C=O) groups is 1. The van der Waals surface area contributed by atoms with Crippen molar-refractivity contribution in [3.63, 3.8) is 0 Å². The summed E-state index contributed by atoms with van der Waals surface area (Å²) in [5.74, 6) is -1.50. The van der Waals surface area contributed by atoms with Gasteiger partial charge in [-0.05, 0) is 31.2 Å². The summed E-state index contributed by atoms with van der Waals surface area (Å²) in [5.41, 5.74) is 6.30. The fraction of sp³-hybridized carbons (Fsp3) is 0.118. The minimum atomic E-state index is -1.20. The third-order valence-electron chi connectivity index (χ3n) is 3.79. The zero-order valence-electron chi connectivity index (χ0n) is 13.6. The minimum Gasteiger partial charge on any atom is -0.478 e. The van der Waals surface area contributed by atoms with E-state index in [-0.39, 0.29) is 28.5 Å². The maximum atomic E-state index is 13.4. The molecule has 0 amide bonds. The molecule has 3 rings (SSSR count). The first-order valence-corrected chi connectivity index (χ1v) is 7.51. The van der Waals surface area contributed by atoms with Crippen LogP contribution in [0.25, 0.3) is 10.9 Å². The Labute approximate surface area is 147 Å². The van der Waals surface area contributed by atoms with Gasteiger partial charge >= 0.3 is 5.97 Å². The molecule has 0 unspecified atom stereocenters. The molecule has 0 radical (unpaired) electrons. The van der Waals surface area contributed by atoms with Crippen molar-refractivity contribution in [3.05, 3.63) is 53.2 Å². The highest BCUT2D eigenvalue weighted by atomic mass is 19.1. The first-order chi connectivity index (χ1) is 12.4. The summed E-state index contributed by atoms with van der Waals surface area (Å²) in [4.78, 5) is 23.7. The molecule has 9 heteroatoms. The van der Waals surface area contributed by atoms with Crippen molar-refractivity contribution in [1.82, 2.24) is 15.0 Å². The summed E-state index contributed by atoms with van der Waals surface area (Å²) in [6, 6.07) is 6.58. The van der Waals surface area contributed by atoms with Crippen LogP contribution in [0.1, 0.15) is 34.6 Å². The number of aromatic nitrogens is 3. The number of hydrogen-bond donors (Lipinski definition) is 3. The van der Waals surface area contributed by atoms with Crippen LogP contribution in [0, 0.1) is 17.1 Å². The quantitative estimate of drug-likeness (QED) is 0.651. The number of aromatic carboxylic acids is 1. The van der Waals surface area contributed by atoms with Crippen LogP contribution in [0.5, 0.6) is 0 Å². The molecule has 1 aromatic carbocycles. The van der Waals surface area contributed by atoms with Crippen LogP contribution in [0.3, 0.4) is 0 Å². The molecule has 0 saturated heterocycles. The van der Waals surface area contributed by atoms with E-state index in [1.54, 1.807) is 6.92 Å². The van der Waals surface area contributed by atoms with Crippen LogP contribution in [0.4, 0.5) is 16.0 Å². The van der Waals surface area contributed by atoms with Crippen molar-refractivity contribution < 1.29 is 14.3 Å². The van der Waals surface area contributed by atoms with Crippen LogP contribution in [0.15, 0.2) is 30.6 Å². The Morgan fingerprint density at radius 2 is 2.15 bits per heavy atom. The fourth-order valence-electron chi connectivity index (χ4n) is 2.56. The number of benzene rings is 1. The number of nitrogens with one attached hydrogen (secondary N) is 1. The summed E-state index contributed by atoms with van der Waals surface area (Å²) in [5, 5.41) is 22.0. The molecule has 1 atom stereocenters. The molecule has 0 bridgehead atoms. The summed E-state index contributed by atoms with van der Waals surface area (Å²) in [7, 11) is 0. The maximum Gasteiger partial charge on any atom is 0.337 e. The second-order valence-electron chi connectivity index (χ2n) is 5.52. The van der Waals surface area contributed by atoms with E-state index in [9.17, 15) is 19.6 Å². The molecule has 0 aliphatic rings. The van der Waals surface area contributed by atoms with Crippen molar-refractivity contribution in [1.29, 1.82) is 5.26 Å². The summed E-state index contributed by atoms with van der Waals surface area (Å²) in [6.45, 7) is 1.67. The van der Waals surface area contributed by atoms with Crippen LogP contribution < -0.4 is 11.1 Å². The Balaban J connectivity index is 2.08. The average Bonchev–Trinajstić information content (AvgIpc) is 2.60. The van der Waals surface area contributed by atoms with E-state index in [0.717, 1.165) is 0 Å². The van der Waals surface area contributed by atoms with Gasteiger partial charge in [-0.25, -0.2) is 24.1 Å². The lowest BCUT2D eigenvalue weighted by Crippen LogP contribution is -2.16. The molecule has 8 nitrogen and oxygen atoms in total. The molecule has 3 aromatic rings. The van der Waals surface area contributed by atoms with E-state index in [0.29, 0.717) is 10.9 Å². The topological polar surface area (TPSA) is 138 Å². The van der Waals surface area contributed by atoms with E-state index >= 15 is 0 Å². The lowest BCUT2D eigenvalue weighted by atomic mass is 10.0. The first-order valence-electron chi connectivity index (χ1n) is 7.51. The van der Waals surface area contributed by atoms with Gasteiger partial charge in [0.15, 0.2) is 0 Å². The molecular formula is C17H13FN6O2. The van der Waals surface area contributed by atoms with Crippen LogP contribution in [-0.4, -0.2) is 26.0 Å². The Kier molecular flexibility index (Phi) is 4.33. The predicted octanol–water partition coefficient (Wildman–Crippen LogP) is 2.49. The molecule has 0 saturated carbocycles. The van der Waals surface area contributed by atoms with E-state index < -0.39 is 17.8 Å².